The molecular formula is C17H25NO4. The summed E-state index contributed by atoms with van der Waals surface area (Å²) < 4.78 is 16.0. The van der Waals surface area contributed by atoms with E-state index in [0.717, 1.165) is 17.7 Å². The van der Waals surface area contributed by atoms with Crippen LogP contribution in [0.5, 0.6) is 5.75 Å². The molecule has 0 aromatic heterocycles. The van der Waals surface area contributed by atoms with Gasteiger partial charge in [0, 0.05) is 27.2 Å². The molecule has 5 heteroatoms. The van der Waals surface area contributed by atoms with E-state index in [9.17, 15) is 4.79 Å². The summed E-state index contributed by atoms with van der Waals surface area (Å²) >= 11 is 0. The van der Waals surface area contributed by atoms with E-state index in [4.69, 9.17) is 14.2 Å². The first kappa shape index (κ1) is 16.8. The minimum Gasteiger partial charge on any atom is -0.496 e. The summed E-state index contributed by atoms with van der Waals surface area (Å²) in [6.07, 6.45) is 2.09. The Kier molecular flexibility index (Phi) is 6.21. The normalized spacial score (nSPS) is 21.1. The van der Waals surface area contributed by atoms with Crippen LogP contribution in [-0.4, -0.2) is 57.4 Å². The molecule has 1 amide bonds. The summed E-state index contributed by atoms with van der Waals surface area (Å²) in [5.41, 5.74) is 1.06. The average Bonchev–Trinajstić information content (AvgIpc) is 2.96. The molecule has 0 radical (unpaired) electrons. The van der Waals surface area contributed by atoms with E-state index < -0.39 is 0 Å². The third-order valence-electron chi connectivity index (χ3n) is 4.19. The lowest BCUT2D eigenvalue weighted by atomic mass is 10.1. The second-order valence-corrected chi connectivity index (χ2v) is 5.56. The Balaban J connectivity index is 1.96. The molecule has 1 fully saturated rings. The van der Waals surface area contributed by atoms with Crippen molar-refractivity contribution < 1.29 is 19.0 Å². The van der Waals surface area contributed by atoms with Crippen LogP contribution in [-0.2, 0) is 20.7 Å². The zero-order valence-corrected chi connectivity index (χ0v) is 13.6. The summed E-state index contributed by atoms with van der Waals surface area (Å²) in [6.45, 7) is 1.20. The third kappa shape index (κ3) is 3.99. The van der Waals surface area contributed by atoms with Crippen LogP contribution < -0.4 is 4.74 Å². The number of methoxy groups -OCH3 is 3. The maximum absolute atomic E-state index is 12.5. The van der Waals surface area contributed by atoms with Crippen molar-refractivity contribution in [2.45, 2.75) is 31.4 Å². The minimum absolute atomic E-state index is 0.107. The van der Waals surface area contributed by atoms with E-state index in [-0.39, 0.29) is 18.1 Å². The first-order chi connectivity index (χ1) is 10.7. The zero-order valence-electron chi connectivity index (χ0n) is 13.6. The third-order valence-corrected chi connectivity index (χ3v) is 4.19. The van der Waals surface area contributed by atoms with Gasteiger partial charge in [-0.3, -0.25) is 4.79 Å². The van der Waals surface area contributed by atoms with Crippen molar-refractivity contribution in [3.63, 3.8) is 0 Å². The van der Waals surface area contributed by atoms with Crippen LogP contribution in [0.25, 0.3) is 0 Å². The van der Waals surface area contributed by atoms with Gasteiger partial charge in [0.05, 0.1) is 25.9 Å². The van der Waals surface area contributed by atoms with E-state index in [0.29, 0.717) is 26.0 Å². The van der Waals surface area contributed by atoms with Crippen molar-refractivity contribution in [1.29, 1.82) is 0 Å². The molecule has 2 atom stereocenters. The number of nitrogens with zero attached hydrogens (tertiary/aromatic N) is 1. The molecule has 2 rings (SSSR count). The number of carbonyl (C=O) groups is 1. The van der Waals surface area contributed by atoms with Gasteiger partial charge < -0.3 is 19.1 Å². The van der Waals surface area contributed by atoms with E-state index in [1.165, 1.54) is 0 Å². The Labute approximate surface area is 132 Å². The summed E-state index contributed by atoms with van der Waals surface area (Å²) in [7, 11) is 5.01. The van der Waals surface area contributed by atoms with Gasteiger partial charge in [0.1, 0.15) is 5.75 Å². The van der Waals surface area contributed by atoms with Gasteiger partial charge in [-0.2, -0.15) is 0 Å². The van der Waals surface area contributed by atoms with Gasteiger partial charge in [0.15, 0.2) is 0 Å². The number of carbonyl (C=O) groups excluding carboxylic acids is 1. The molecule has 1 heterocycles. The molecule has 122 valence electrons. The van der Waals surface area contributed by atoms with Gasteiger partial charge in [-0.05, 0) is 24.5 Å². The van der Waals surface area contributed by atoms with Gasteiger partial charge in [-0.15, -0.1) is 0 Å². The predicted molar refractivity (Wildman–Crippen MR) is 84.1 cm³/mol. The quantitative estimate of drug-likeness (QED) is 0.772. The van der Waals surface area contributed by atoms with Crippen LogP contribution in [0, 0.1) is 0 Å². The molecule has 0 N–H and O–H groups in total. The van der Waals surface area contributed by atoms with Crippen LogP contribution >= 0.6 is 0 Å². The smallest absolute Gasteiger partial charge is 0.223 e. The second kappa shape index (κ2) is 8.15. The zero-order chi connectivity index (χ0) is 15.9. The lowest BCUT2D eigenvalue weighted by Gasteiger charge is -2.24. The van der Waals surface area contributed by atoms with Crippen molar-refractivity contribution >= 4 is 5.91 Å². The SMILES string of the molecule is COC[C@@H]1C[C@@H](OC)CN1C(=O)CCc1ccccc1OC. The van der Waals surface area contributed by atoms with Crippen molar-refractivity contribution in [1.82, 2.24) is 4.90 Å². The molecule has 0 saturated carbocycles. The Bertz CT molecular complexity index is 491. The molecule has 1 aliphatic rings. The maximum atomic E-state index is 12.5. The number of ether oxygens (including phenoxy) is 3. The van der Waals surface area contributed by atoms with Crippen molar-refractivity contribution in [3.05, 3.63) is 29.8 Å². The monoisotopic (exact) mass is 307 g/mol. The van der Waals surface area contributed by atoms with E-state index in [2.05, 4.69) is 0 Å². The number of benzene rings is 1. The molecule has 1 aliphatic heterocycles. The molecule has 1 aromatic carbocycles. The summed E-state index contributed by atoms with van der Waals surface area (Å²) in [5, 5.41) is 0. The van der Waals surface area contributed by atoms with Crippen molar-refractivity contribution in [3.8, 4) is 5.75 Å². The highest BCUT2D eigenvalue weighted by atomic mass is 16.5. The van der Waals surface area contributed by atoms with Gasteiger partial charge >= 0.3 is 0 Å². The number of hydrogen-bond donors (Lipinski definition) is 0. The van der Waals surface area contributed by atoms with Crippen LogP contribution in [0.2, 0.25) is 0 Å². The second-order valence-electron chi connectivity index (χ2n) is 5.56. The molecule has 0 unspecified atom stereocenters. The Hall–Kier alpha value is -1.59. The van der Waals surface area contributed by atoms with E-state index >= 15 is 0 Å². The first-order valence-electron chi connectivity index (χ1n) is 7.62. The van der Waals surface area contributed by atoms with Crippen molar-refractivity contribution in [2.24, 2.45) is 0 Å². The highest BCUT2D eigenvalue weighted by Gasteiger charge is 2.34. The molecular weight excluding hydrogens is 282 g/mol. The van der Waals surface area contributed by atoms with Crippen molar-refractivity contribution in [2.75, 3.05) is 34.5 Å². The highest BCUT2D eigenvalue weighted by Crippen LogP contribution is 2.23. The fraction of sp³-hybridized carbons (Fsp3) is 0.588. The number of amides is 1. The lowest BCUT2D eigenvalue weighted by Crippen LogP contribution is -2.38. The van der Waals surface area contributed by atoms with Gasteiger partial charge in [0.2, 0.25) is 5.91 Å². The molecule has 1 aromatic rings. The molecule has 0 spiro atoms. The lowest BCUT2D eigenvalue weighted by molar-refractivity contribution is -0.133. The first-order valence-corrected chi connectivity index (χ1v) is 7.62. The summed E-state index contributed by atoms with van der Waals surface area (Å²) in [6, 6.07) is 7.93. The Morgan fingerprint density at radius 3 is 2.73 bits per heavy atom. The largest absolute Gasteiger partial charge is 0.496 e. The standard InChI is InChI=1S/C17H25NO4/c1-20-12-14-10-15(21-2)11-18(14)17(19)9-8-13-6-4-5-7-16(13)22-3/h4-7,14-15H,8-12H2,1-3H3/t14-,15+/m0/s1. The van der Waals surface area contributed by atoms with Crippen LogP contribution in [0.1, 0.15) is 18.4 Å². The number of likely N-dealkylation sites (tertiary alicyclic amines) is 1. The van der Waals surface area contributed by atoms with E-state index in [1.54, 1.807) is 21.3 Å². The molecule has 0 aliphatic carbocycles. The molecule has 0 bridgehead atoms. The Morgan fingerprint density at radius 2 is 2.05 bits per heavy atom. The topological polar surface area (TPSA) is 48.0 Å². The van der Waals surface area contributed by atoms with Gasteiger partial charge in [-0.1, -0.05) is 18.2 Å². The van der Waals surface area contributed by atoms with Gasteiger partial charge in [-0.25, -0.2) is 0 Å². The highest BCUT2D eigenvalue weighted by molar-refractivity contribution is 5.77. The average molecular weight is 307 g/mol. The molecule has 5 nitrogen and oxygen atoms in total. The number of para-hydroxylation sites is 1. The number of hydrogen-bond acceptors (Lipinski definition) is 4. The predicted octanol–water partition coefficient (Wildman–Crippen LogP) is 1.89. The summed E-state index contributed by atoms with van der Waals surface area (Å²) in [4.78, 5) is 14.4. The fourth-order valence-corrected chi connectivity index (χ4v) is 3.00. The van der Waals surface area contributed by atoms with Crippen LogP contribution in [0.3, 0.4) is 0 Å². The number of rotatable bonds is 7. The fourth-order valence-electron chi connectivity index (χ4n) is 3.00. The minimum atomic E-state index is 0.107. The Morgan fingerprint density at radius 1 is 1.27 bits per heavy atom. The number of aryl methyl sites for hydroxylation is 1. The molecule has 1 saturated heterocycles. The van der Waals surface area contributed by atoms with Crippen LogP contribution in [0.4, 0.5) is 0 Å². The van der Waals surface area contributed by atoms with Gasteiger partial charge in [0.25, 0.3) is 0 Å². The maximum Gasteiger partial charge on any atom is 0.223 e. The van der Waals surface area contributed by atoms with E-state index in [1.807, 2.05) is 29.2 Å². The summed E-state index contributed by atoms with van der Waals surface area (Å²) in [5.74, 6) is 0.979. The molecule has 22 heavy (non-hydrogen) atoms. The van der Waals surface area contributed by atoms with Crippen LogP contribution in [0.15, 0.2) is 24.3 Å².